The van der Waals surface area contributed by atoms with Gasteiger partial charge >= 0.3 is 0 Å². The SMILES string of the molecule is CCN(CCO)C(=O)CSc1ccc([N+](=O)[O-])cc1. The first-order chi connectivity index (χ1) is 9.08. The third kappa shape index (κ3) is 4.88. The highest BCUT2D eigenvalue weighted by molar-refractivity contribution is 8.00. The van der Waals surface area contributed by atoms with Crippen LogP contribution in [0.3, 0.4) is 0 Å². The van der Waals surface area contributed by atoms with Crippen molar-refractivity contribution in [3.8, 4) is 0 Å². The molecule has 0 aliphatic rings. The molecule has 0 aromatic heterocycles. The maximum Gasteiger partial charge on any atom is 0.269 e. The summed E-state index contributed by atoms with van der Waals surface area (Å²) in [6, 6.07) is 6.08. The maximum atomic E-state index is 11.8. The minimum atomic E-state index is -0.459. The van der Waals surface area contributed by atoms with Crippen molar-refractivity contribution in [2.75, 3.05) is 25.4 Å². The van der Waals surface area contributed by atoms with Crippen LogP contribution in [0, 0.1) is 10.1 Å². The summed E-state index contributed by atoms with van der Waals surface area (Å²) in [6.07, 6.45) is 0. The van der Waals surface area contributed by atoms with Crippen LogP contribution in [0.25, 0.3) is 0 Å². The number of hydrogen-bond donors (Lipinski definition) is 1. The molecular weight excluding hydrogens is 268 g/mol. The topological polar surface area (TPSA) is 83.7 Å². The first-order valence-corrected chi connectivity index (χ1v) is 6.83. The van der Waals surface area contributed by atoms with Crippen LogP contribution < -0.4 is 0 Å². The summed E-state index contributed by atoms with van der Waals surface area (Å²) < 4.78 is 0. The van der Waals surface area contributed by atoms with Gasteiger partial charge in [0, 0.05) is 30.1 Å². The molecule has 1 aromatic carbocycles. The lowest BCUT2D eigenvalue weighted by atomic mass is 10.3. The Bertz CT molecular complexity index is 436. The predicted octanol–water partition coefficient (Wildman–Crippen LogP) is 1.53. The van der Waals surface area contributed by atoms with Gasteiger partial charge < -0.3 is 10.0 Å². The van der Waals surface area contributed by atoms with Gasteiger partial charge in [0.15, 0.2) is 0 Å². The molecule has 0 saturated heterocycles. The lowest BCUT2D eigenvalue weighted by molar-refractivity contribution is -0.384. The molecule has 1 N–H and O–H groups in total. The zero-order valence-corrected chi connectivity index (χ0v) is 11.4. The number of nitro benzene ring substituents is 1. The second-order valence-corrected chi connectivity index (χ2v) is 4.79. The second kappa shape index (κ2) is 7.75. The van der Waals surface area contributed by atoms with E-state index in [0.29, 0.717) is 13.1 Å². The fourth-order valence-electron chi connectivity index (χ4n) is 1.48. The van der Waals surface area contributed by atoms with Crippen LogP contribution in [-0.2, 0) is 4.79 Å². The van der Waals surface area contributed by atoms with Crippen LogP contribution in [0.1, 0.15) is 6.92 Å². The van der Waals surface area contributed by atoms with Crippen molar-refractivity contribution in [2.24, 2.45) is 0 Å². The lowest BCUT2D eigenvalue weighted by Crippen LogP contribution is -2.34. The highest BCUT2D eigenvalue weighted by atomic mass is 32.2. The van der Waals surface area contributed by atoms with Crippen LogP contribution in [-0.4, -0.2) is 46.3 Å². The van der Waals surface area contributed by atoms with Gasteiger partial charge in [0.1, 0.15) is 0 Å². The van der Waals surface area contributed by atoms with Crippen molar-refractivity contribution in [1.82, 2.24) is 4.90 Å². The Morgan fingerprint density at radius 2 is 2.05 bits per heavy atom. The Balaban J connectivity index is 2.52. The summed E-state index contributed by atoms with van der Waals surface area (Å²) in [5.41, 5.74) is 0.0335. The molecular formula is C12H16N2O4S. The maximum absolute atomic E-state index is 11.8. The van der Waals surface area contributed by atoms with Crippen molar-refractivity contribution < 1.29 is 14.8 Å². The molecule has 104 valence electrons. The number of thioether (sulfide) groups is 1. The molecule has 0 radical (unpaired) electrons. The Kier molecular flexibility index (Phi) is 6.31. The minimum Gasteiger partial charge on any atom is -0.395 e. The Morgan fingerprint density at radius 1 is 1.42 bits per heavy atom. The number of carbonyl (C=O) groups is 1. The number of aliphatic hydroxyl groups is 1. The number of aliphatic hydroxyl groups excluding tert-OH is 1. The van der Waals surface area contributed by atoms with Crippen LogP contribution in [0.2, 0.25) is 0 Å². The molecule has 0 atom stereocenters. The Labute approximate surface area is 115 Å². The summed E-state index contributed by atoms with van der Waals surface area (Å²) in [5, 5.41) is 19.3. The van der Waals surface area contributed by atoms with Crippen molar-refractivity contribution in [2.45, 2.75) is 11.8 Å². The van der Waals surface area contributed by atoms with E-state index in [9.17, 15) is 14.9 Å². The summed E-state index contributed by atoms with van der Waals surface area (Å²) in [6.45, 7) is 2.68. The van der Waals surface area contributed by atoms with E-state index in [1.807, 2.05) is 6.92 Å². The smallest absolute Gasteiger partial charge is 0.269 e. The number of likely N-dealkylation sites (N-methyl/N-ethyl adjacent to an activating group) is 1. The van der Waals surface area contributed by atoms with Crippen LogP contribution >= 0.6 is 11.8 Å². The quantitative estimate of drug-likeness (QED) is 0.466. The molecule has 0 aliphatic carbocycles. The Morgan fingerprint density at radius 3 is 2.53 bits per heavy atom. The van der Waals surface area contributed by atoms with Crippen molar-refractivity contribution in [1.29, 1.82) is 0 Å². The van der Waals surface area contributed by atoms with Gasteiger partial charge in [0.05, 0.1) is 17.3 Å². The molecule has 6 nitrogen and oxygen atoms in total. The fourth-order valence-corrected chi connectivity index (χ4v) is 2.28. The van der Waals surface area contributed by atoms with E-state index < -0.39 is 4.92 Å². The highest BCUT2D eigenvalue weighted by Gasteiger charge is 2.11. The molecule has 1 aromatic rings. The molecule has 19 heavy (non-hydrogen) atoms. The van der Waals surface area contributed by atoms with Gasteiger partial charge in [-0.25, -0.2) is 0 Å². The molecule has 0 aliphatic heterocycles. The second-order valence-electron chi connectivity index (χ2n) is 3.74. The van der Waals surface area contributed by atoms with Gasteiger partial charge in [0.25, 0.3) is 5.69 Å². The van der Waals surface area contributed by atoms with E-state index in [0.717, 1.165) is 4.90 Å². The number of benzene rings is 1. The number of nitrogens with zero attached hydrogens (tertiary/aromatic N) is 2. The van der Waals surface area contributed by atoms with Crippen molar-refractivity contribution in [3.63, 3.8) is 0 Å². The van der Waals surface area contributed by atoms with Crippen molar-refractivity contribution in [3.05, 3.63) is 34.4 Å². The molecule has 0 spiro atoms. The van der Waals surface area contributed by atoms with E-state index in [4.69, 9.17) is 5.11 Å². The monoisotopic (exact) mass is 284 g/mol. The number of nitro groups is 1. The average molecular weight is 284 g/mol. The summed E-state index contributed by atoms with van der Waals surface area (Å²) >= 11 is 1.32. The van der Waals surface area contributed by atoms with Crippen LogP contribution in [0.15, 0.2) is 29.2 Å². The van der Waals surface area contributed by atoms with Crippen LogP contribution in [0.4, 0.5) is 5.69 Å². The fraction of sp³-hybridized carbons (Fsp3) is 0.417. The third-order valence-electron chi connectivity index (χ3n) is 2.51. The van der Waals surface area contributed by atoms with Gasteiger partial charge in [-0.1, -0.05) is 0 Å². The molecule has 1 rings (SSSR count). The third-order valence-corrected chi connectivity index (χ3v) is 3.51. The minimum absolute atomic E-state index is 0.0335. The van der Waals surface area contributed by atoms with E-state index in [2.05, 4.69) is 0 Å². The van der Waals surface area contributed by atoms with E-state index in [-0.39, 0.29) is 24.0 Å². The molecule has 0 bridgehead atoms. The molecule has 0 heterocycles. The van der Waals surface area contributed by atoms with Gasteiger partial charge in [-0.2, -0.15) is 0 Å². The molecule has 7 heteroatoms. The normalized spacial score (nSPS) is 10.2. The molecule has 0 fully saturated rings. The van der Waals surface area contributed by atoms with Gasteiger partial charge in [-0.05, 0) is 19.1 Å². The number of non-ortho nitro benzene ring substituents is 1. The van der Waals surface area contributed by atoms with E-state index >= 15 is 0 Å². The predicted molar refractivity (Wildman–Crippen MR) is 73.2 cm³/mol. The zero-order chi connectivity index (χ0) is 14.3. The summed E-state index contributed by atoms with van der Waals surface area (Å²) in [4.78, 5) is 24.2. The van der Waals surface area contributed by atoms with Gasteiger partial charge in [-0.15, -0.1) is 11.8 Å². The Hall–Kier alpha value is -1.60. The standard InChI is InChI=1S/C12H16N2O4S/c1-2-13(7-8-15)12(16)9-19-11-5-3-10(4-6-11)14(17)18/h3-6,15H,2,7-9H2,1H3. The van der Waals surface area contributed by atoms with Crippen LogP contribution in [0.5, 0.6) is 0 Å². The van der Waals surface area contributed by atoms with E-state index in [1.54, 1.807) is 17.0 Å². The van der Waals surface area contributed by atoms with E-state index in [1.165, 1.54) is 23.9 Å². The first kappa shape index (κ1) is 15.5. The molecule has 1 amide bonds. The zero-order valence-electron chi connectivity index (χ0n) is 10.6. The number of rotatable bonds is 7. The highest BCUT2D eigenvalue weighted by Crippen LogP contribution is 2.21. The number of hydrogen-bond acceptors (Lipinski definition) is 5. The molecule has 0 saturated carbocycles. The lowest BCUT2D eigenvalue weighted by Gasteiger charge is -2.19. The average Bonchev–Trinajstić information content (AvgIpc) is 2.42. The molecule has 0 unspecified atom stereocenters. The number of amides is 1. The number of carbonyl (C=O) groups excluding carboxylic acids is 1. The van der Waals surface area contributed by atoms with Crippen molar-refractivity contribution >= 4 is 23.4 Å². The summed E-state index contributed by atoms with van der Waals surface area (Å²) in [7, 11) is 0. The first-order valence-electron chi connectivity index (χ1n) is 5.84. The summed E-state index contributed by atoms with van der Waals surface area (Å²) in [5.74, 6) is 0.200. The van der Waals surface area contributed by atoms with Gasteiger partial charge in [-0.3, -0.25) is 14.9 Å². The largest absolute Gasteiger partial charge is 0.395 e. The van der Waals surface area contributed by atoms with Gasteiger partial charge in [0.2, 0.25) is 5.91 Å².